The molecule has 1 aromatic heterocycles. The van der Waals surface area contributed by atoms with E-state index < -0.39 is 11.4 Å². The third kappa shape index (κ3) is 3.29. The lowest BCUT2D eigenvalue weighted by Gasteiger charge is -2.29. The monoisotopic (exact) mass is 358 g/mol. The van der Waals surface area contributed by atoms with Gasteiger partial charge < -0.3 is 10.4 Å². The van der Waals surface area contributed by atoms with Crippen LogP contribution in [-0.4, -0.2) is 16.7 Å². The summed E-state index contributed by atoms with van der Waals surface area (Å²) in [5.41, 5.74) is 0.498. The number of anilines is 1. The van der Waals surface area contributed by atoms with Crippen molar-refractivity contribution >= 4 is 33.2 Å². The van der Waals surface area contributed by atoms with Crippen molar-refractivity contribution in [1.82, 2.24) is 4.98 Å². The van der Waals surface area contributed by atoms with E-state index in [2.05, 4.69) is 26.2 Å². The minimum atomic E-state index is -0.818. The average molecular weight is 360 g/mol. The summed E-state index contributed by atoms with van der Waals surface area (Å²) in [6.07, 6.45) is 1.13. The summed E-state index contributed by atoms with van der Waals surface area (Å²) in [5, 5.41) is 13.4. The summed E-state index contributed by atoms with van der Waals surface area (Å²) >= 11 is 9.28. The fourth-order valence-corrected chi connectivity index (χ4v) is 2.28. The van der Waals surface area contributed by atoms with Gasteiger partial charge in [0.05, 0.1) is 29.1 Å². The Morgan fingerprint density at radius 1 is 1.40 bits per heavy atom. The number of nitrogens with one attached hydrogen (secondary N) is 1. The van der Waals surface area contributed by atoms with Crippen LogP contribution in [0, 0.1) is 5.82 Å². The first-order valence-electron chi connectivity index (χ1n) is 5.91. The van der Waals surface area contributed by atoms with Crippen molar-refractivity contribution in [2.24, 2.45) is 0 Å². The Morgan fingerprint density at radius 3 is 2.70 bits per heavy atom. The normalized spacial score (nSPS) is 13.8. The van der Waals surface area contributed by atoms with Gasteiger partial charge >= 0.3 is 0 Å². The van der Waals surface area contributed by atoms with Crippen LogP contribution in [0.4, 0.5) is 10.1 Å². The molecule has 6 heteroatoms. The Bertz CT molecular complexity index is 609. The molecule has 1 aromatic carbocycles. The van der Waals surface area contributed by atoms with E-state index in [0.717, 1.165) is 16.4 Å². The second kappa shape index (κ2) is 6.08. The number of hydrogen-bond donors (Lipinski definition) is 2. The summed E-state index contributed by atoms with van der Waals surface area (Å²) in [6.45, 7) is 1.60. The number of aliphatic hydroxyl groups excluding tert-OH is 1. The van der Waals surface area contributed by atoms with Gasteiger partial charge in [-0.15, -0.1) is 0 Å². The number of hydrogen-bond acceptors (Lipinski definition) is 3. The van der Waals surface area contributed by atoms with Crippen molar-refractivity contribution in [3.8, 4) is 0 Å². The van der Waals surface area contributed by atoms with Gasteiger partial charge in [-0.2, -0.15) is 0 Å². The largest absolute Gasteiger partial charge is 0.394 e. The molecule has 0 aliphatic carbocycles. The number of benzene rings is 1. The fraction of sp³-hybridized carbons (Fsp3) is 0.214. The lowest BCUT2D eigenvalue weighted by molar-refractivity contribution is 0.221. The first-order valence-corrected chi connectivity index (χ1v) is 7.08. The van der Waals surface area contributed by atoms with E-state index >= 15 is 0 Å². The van der Waals surface area contributed by atoms with Crippen LogP contribution in [0.25, 0.3) is 0 Å². The Morgan fingerprint density at radius 2 is 2.15 bits per heavy atom. The SMILES string of the molecule is CC(CO)(Nc1ccc(Cl)c(Br)c1)c1ccc(F)cn1. The van der Waals surface area contributed by atoms with Crippen LogP contribution in [0.1, 0.15) is 12.6 Å². The summed E-state index contributed by atoms with van der Waals surface area (Å²) in [7, 11) is 0. The molecule has 0 aliphatic rings. The zero-order valence-electron chi connectivity index (χ0n) is 10.7. The summed E-state index contributed by atoms with van der Waals surface area (Å²) < 4.78 is 13.7. The summed E-state index contributed by atoms with van der Waals surface area (Å²) in [6, 6.07) is 8.20. The maximum absolute atomic E-state index is 12.9. The van der Waals surface area contributed by atoms with Gasteiger partial charge in [-0.25, -0.2) is 4.39 Å². The molecule has 0 saturated carbocycles. The van der Waals surface area contributed by atoms with Crippen molar-refractivity contribution < 1.29 is 9.50 Å². The van der Waals surface area contributed by atoms with Crippen molar-refractivity contribution in [3.63, 3.8) is 0 Å². The highest BCUT2D eigenvalue weighted by Crippen LogP contribution is 2.29. The van der Waals surface area contributed by atoms with E-state index in [1.165, 1.54) is 6.07 Å². The van der Waals surface area contributed by atoms with Gasteiger partial charge in [-0.1, -0.05) is 11.6 Å². The Hall–Kier alpha value is -1.17. The number of nitrogens with zero attached hydrogens (tertiary/aromatic N) is 1. The molecular weight excluding hydrogens is 347 g/mol. The maximum Gasteiger partial charge on any atom is 0.141 e. The molecule has 1 heterocycles. The zero-order valence-corrected chi connectivity index (χ0v) is 13.0. The van der Waals surface area contributed by atoms with E-state index in [1.807, 2.05) is 0 Å². The Labute approximate surface area is 129 Å². The summed E-state index contributed by atoms with van der Waals surface area (Å²) in [4.78, 5) is 4.02. The van der Waals surface area contributed by atoms with Crippen molar-refractivity contribution in [2.45, 2.75) is 12.5 Å². The van der Waals surface area contributed by atoms with Crippen molar-refractivity contribution in [3.05, 3.63) is 57.5 Å². The molecule has 0 spiro atoms. The van der Waals surface area contributed by atoms with Crippen LogP contribution >= 0.6 is 27.5 Å². The molecule has 0 aliphatic heterocycles. The molecule has 0 bridgehead atoms. The molecule has 2 aromatic rings. The number of pyridine rings is 1. The minimum Gasteiger partial charge on any atom is -0.394 e. The van der Waals surface area contributed by atoms with Gasteiger partial charge in [0, 0.05) is 10.2 Å². The van der Waals surface area contributed by atoms with E-state index in [0.29, 0.717) is 10.7 Å². The van der Waals surface area contributed by atoms with E-state index in [-0.39, 0.29) is 6.61 Å². The maximum atomic E-state index is 12.9. The lowest BCUT2D eigenvalue weighted by atomic mass is 9.97. The molecule has 0 fully saturated rings. The van der Waals surface area contributed by atoms with Crippen LogP contribution in [0.3, 0.4) is 0 Å². The highest BCUT2D eigenvalue weighted by molar-refractivity contribution is 9.10. The average Bonchev–Trinajstić information content (AvgIpc) is 2.43. The van der Waals surface area contributed by atoms with Crippen molar-refractivity contribution in [2.75, 3.05) is 11.9 Å². The van der Waals surface area contributed by atoms with Crippen LogP contribution < -0.4 is 5.32 Å². The molecule has 0 amide bonds. The third-order valence-corrected chi connectivity index (χ3v) is 4.16. The zero-order chi connectivity index (χ0) is 14.8. The molecule has 3 nitrogen and oxygen atoms in total. The van der Waals surface area contributed by atoms with Gasteiger partial charge in [0.2, 0.25) is 0 Å². The first kappa shape index (κ1) is 15.2. The number of aromatic nitrogens is 1. The number of halogens is 3. The Balaban J connectivity index is 2.31. The van der Waals surface area contributed by atoms with E-state index in [9.17, 15) is 9.50 Å². The standard InChI is InChI=1S/C14H13BrClFN2O/c1-14(8-20,13-5-2-9(17)7-18-13)19-10-3-4-12(16)11(15)6-10/h2-7,19-20H,8H2,1H3. The lowest BCUT2D eigenvalue weighted by Crippen LogP contribution is -2.36. The van der Waals surface area contributed by atoms with Crippen LogP contribution in [-0.2, 0) is 5.54 Å². The quantitative estimate of drug-likeness (QED) is 0.868. The Kier molecular flexibility index (Phi) is 4.62. The van der Waals surface area contributed by atoms with Gasteiger partial charge in [0.25, 0.3) is 0 Å². The van der Waals surface area contributed by atoms with E-state index in [4.69, 9.17) is 11.6 Å². The molecule has 0 saturated heterocycles. The molecule has 0 radical (unpaired) electrons. The molecule has 2 rings (SSSR count). The fourth-order valence-electron chi connectivity index (χ4n) is 1.78. The molecular formula is C14H13BrClFN2O. The van der Waals surface area contributed by atoms with Gasteiger partial charge in [-0.3, -0.25) is 4.98 Å². The number of aliphatic hydroxyl groups is 1. The predicted octanol–water partition coefficient (Wildman–Crippen LogP) is 3.96. The van der Waals surface area contributed by atoms with Crippen LogP contribution in [0.2, 0.25) is 5.02 Å². The molecule has 1 atom stereocenters. The smallest absolute Gasteiger partial charge is 0.141 e. The highest BCUT2D eigenvalue weighted by Gasteiger charge is 2.27. The highest BCUT2D eigenvalue weighted by atomic mass is 79.9. The minimum absolute atomic E-state index is 0.189. The van der Waals surface area contributed by atoms with E-state index in [1.54, 1.807) is 31.2 Å². The summed E-state index contributed by atoms with van der Waals surface area (Å²) in [5.74, 6) is -0.414. The van der Waals surface area contributed by atoms with Gasteiger partial charge in [-0.05, 0) is 53.2 Å². The molecule has 106 valence electrons. The van der Waals surface area contributed by atoms with Crippen LogP contribution in [0.5, 0.6) is 0 Å². The molecule has 20 heavy (non-hydrogen) atoms. The topological polar surface area (TPSA) is 45.1 Å². The molecule has 1 unspecified atom stereocenters. The molecule has 2 N–H and O–H groups in total. The van der Waals surface area contributed by atoms with Gasteiger partial charge in [0.1, 0.15) is 5.82 Å². The first-order chi connectivity index (χ1) is 9.44. The second-order valence-electron chi connectivity index (χ2n) is 4.61. The second-order valence-corrected chi connectivity index (χ2v) is 5.87. The third-order valence-electron chi connectivity index (χ3n) is 2.95. The van der Waals surface area contributed by atoms with Crippen molar-refractivity contribution in [1.29, 1.82) is 0 Å². The van der Waals surface area contributed by atoms with Crippen LogP contribution in [0.15, 0.2) is 41.0 Å². The number of rotatable bonds is 4. The van der Waals surface area contributed by atoms with Gasteiger partial charge in [0.15, 0.2) is 0 Å². The predicted molar refractivity (Wildman–Crippen MR) is 81.4 cm³/mol.